The Balaban J connectivity index is 1.97. The SMILES string of the molecule is COc1ccc(S(=O)(=O)N2CCOc3ncccc3C2)c(C)c1. The number of aryl methyl sites for hydroxylation is 1. The molecule has 0 spiro atoms. The summed E-state index contributed by atoms with van der Waals surface area (Å²) in [6.07, 6.45) is 1.64. The molecule has 0 N–H and O–H groups in total. The summed E-state index contributed by atoms with van der Waals surface area (Å²) in [6, 6.07) is 8.56. The number of aromatic nitrogens is 1. The summed E-state index contributed by atoms with van der Waals surface area (Å²) >= 11 is 0. The van der Waals surface area contributed by atoms with Crippen molar-refractivity contribution in [2.24, 2.45) is 0 Å². The van der Waals surface area contributed by atoms with Gasteiger partial charge in [-0.05, 0) is 36.8 Å². The fraction of sp³-hybridized carbons (Fsp3) is 0.312. The molecule has 1 aliphatic heterocycles. The Hall–Kier alpha value is -2.12. The summed E-state index contributed by atoms with van der Waals surface area (Å²) in [5.74, 6) is 1.13. The van der Waals surface area contributed by atoms with E-state index in [0.717, 1.165) is 5.56 Å². The van der Waals surface area contributed by atoms with E-state index in [1.54, 1.807) is 44.5 Å². The van der Waals surface area contributed by atoms with E-state index < -0.39 is 10.0 Å². The average Bonchev–Trinajstić information content (AvgIpc) is 2.77. The maximum absolute atomic E-state index is 13.0. The summed E-state index contributed by atoms with van der Waals surface area (Å²) in [4.78, 5) is 4.43. The highest BCUT2D eigenvalue weighted by Crippen LogP contribution is 2.28. The Morgan fingerprint density at radius 2 is 2.13 bits per heavy atom. The number of fused-ring (bicyclic) bond motifs is 1. The molecule has 1 aromatic heterocycles. The molecule has 0 saturated carbocycles. The first-order chi connectivity index (χ1) is 11.0. The molecule has 0 unspecified atom stereocenters. The number of nitrogens with zero attached hydrogens (tertiary/aromatic N) is 2. The zero-order valence-corrected chi connectivity index (χ0v) is 13.8. The van der Waals surface area contributed by atoms with Gasteiger partial charge in [-0.1, -0.05) is 6.07 Å². The Morgan fingerprint density at radius 1 is 1.30 bits per heavy atom. The fourth-order valence-electron chi connectivity index (χ4n) is 2.57. The van der Waals surface area contributed by atoms with Crippen LogP contribution >= 0.6 is 0 Å². The lowest BCUT2D eigenvalue weighted by molar-refractivity contribution is 0.285. The van der Waals surface area contributed by atoms with Crippen LogP contribution in [0.25, 0.3) is 0 Å². The lowest BCUT2D eigenvalue weighted by Crippen LogP contribution is -2.33. The normalized spacial score (nSPS) is 15.4. The van der Waals surface area contributed by atoms with Crippen molar-refractivity contribution in [2.75, 3.05) is 20.3 Å². The lowest BCUT2D eigenvalue weighted by atomic mass is 10.2. The zero-order chi connectivity index (χ0) is 16.4. The molecule has 0 bridgehead atoms. The molecule has 0 atom stereocenters. The maximum Gasteiger partial charge on any atom is 0.243 e. The molecule has 0 amide bonds. The van der Waals surface area contributed by atoms with Crippen LogP contribution < -0.4 is 9.47 Å². The van der Waals surface area contributed by atoms with Gasteiger partial charge >= 0.3 is 0 Å². The summed E-state index contributed by atoms with van der Waals surface area (Å²) in [7, 11) is -2.06. The van der Waals surface area contributed by atoms with Crippen LogP contribution in [-0.4, -0.2) is 38.0 Å². The van der Waals surface area contributed by atoms with Gasteiger partial charge in [0.25, 0.3) is 0 Å². The largest absolute Gasteiger partial charge is 0.497 e. The maximum atomic E-state index is 13.0. The molecule has 2 aromatic rings. The summed E-state index contributed by atoms with van der Waals surface area (Å²) < 4.78 is 38.1. The molecular formula is C16H18N2O4S. The second-order valence-electron chi connectivity index (χ2n) is 5.29. The number of benzene rings is 1. The van der Waals surface area contributed by atoms with Crippen molar-refractivity contribution < 1.29 is 17.9 Å². The smallest absolute Gasteiger partial charge is 0.243 e. The predicted molar refractivity (Wildman–Crippen MR) is 85.1 cm³/mol. The van der Waals surface area contributed by atoms with Crippen LogP contribution in [0.4, 0.5) is 0 Å². The molecule has 122 valence electrons. The Bertz CT molecular complexity index is 821. The molecule has 23 heavy (non-hydrogen) atoms. The molecular weight excluding hydrogens is 316 g/mol. The second kappa shape index (κ2) is 6.17. The molecule has 7 heteroatoms. The molecule has 1 aromatic carbocycles. The number of hydrogen-bond donors (Lipinski definition) is 0. The highest BCUT2D eigenvalue weighted by molar-refractivity contribution is 7.89. The van der Waals surface area contributed by atoms with E-state index in [0.29, 0.717) is 17.2 Å². The van der Waals surface area contributed by atoms with E-state index in [4.69, 9.17) is 9.47 Å². The summed E-state index contributed by atoms with van der Waals surface area (Å²) in [6.45, 7) is 2.57. The Labute approximate surface area is 135 Å². The topological polar surface area (TPSA) is 68.7 Å². The number of methoxy groups -OCH3 is 1. The number of sulfonamides is 1. The van der Waals surface area contributed by atoms with E-state index in [1.807, 2.05) is 6.07 Å². The third kappa shape index (κ3) is 3.02. The zero-order valence-electron chi connectivity index (χ0n) is 13.0. The van der Waals surface area contributed by atoms with Gasteiger partial charge in [0.2, 0.25) is 15.9 Å². The number of hydrogen-bond acceptors (Lipinski definition) is 5. The van der Waals surface area contributed by atoms with Gasteiger partial charge in [-0.3, -0.25) is 0 Å². The molecule has 1 aliphatic rings. The minimum atomic E-state index is -3.61. The van der Waals surface area contributed by atoms with Crippen LogP contribution in [0.15, 0.2) is 41.4 Å². The van der Waals surface area contributed by atoms with Crippen LogP contribution in [0.1, 0.15) is 11.1 Å². The van der Waals surface area contributed by atoms with Crippen LogP contribution in [0.2, 0.25) is 0 Å². The van der Waals surface area contributed by atoms with Crippen LogP contribution in [0.3, 0.4) is 0 Å². The van der Waals surface area contributed by atoms with Gasteiger partial charge < -0.3 is 9.47 Å². The summed E-state index contributed by atoms with van der Waals surface area (Å²) in [5, 5.41) is 0. The Morgan fingerprint density at radius 3 is 2.87 bits per heavy atom. The highest BCUT2D eigenvalue weighted by atomic mass is 32.2. The third-order valence-corrected chi connectivity index (χ3v) is 5.78. The lowest BCUT2D eigenvalue weighted by Gasteiger charge is -2.20. The van der Waals surface area contributed by atoms with E-state index in [9.17, 15) is 8.42 Å². The van der Waals surface area contributed by atoms with Crippen molar-refractivity contribution in [1.82, 2.24) is 9.29 Å². The van der Waals surface area contributed by atoms with Gasteiger partial charge in [0.15, 0.2) is 0 Å². The van der Waals surface area contributed by atoms with Crippen molar-refractivity contribution in [3.05, 3.63) is 47.7 Å². The van der Waals surface area contributed by atoms with Gasteiger partial charge in [0, 0.05) is 24.8 Å². The molecule has 6 nitrogen and oxygen atoms in total. The average molecular weight is 334 g/mol. The van der Waals surface area contributed by atoms with Crippen LogP contribution in [0.5, 0.6) is 11.6 Å². The monoisotopic (exact) mass is 334 g/mol. The van der Waals surface area contributed by atoms with Gasteiger partial charge in [0.1, 0.15) is 12.4 Å². The third-order valence-electron chi connectivity index (χ3n) is 3.78. The van der Waals surface area contributed by atoms with Crippen molar-refractivity contribution in [3.8, 4) is 11.6 Å². The van der Waals surface area contributed by atoms with E-state index in [-0.39, 0.29) is 24.6 Å². The van der Waals surface area contributed by atoms with Gasteiger partial charge in [-0.2, -0.15) is 4.31 Å². The highest BCUT2D eigenvalue weighted by Gasteiger charge is 2.29. The molecule has 3 rings (SSSR count). The van der Waals surface area contributed by atoms with E-state index in [1.165, 1.54) is 4.31 Å². The van der Waals surface area contributed by atoms with E-state index >= 15 is 0 Å². The van der Waals surface area contributed by atoms with Crippen molar-refractivity contribution in [2.45, 2.75) is 18.4 Å². The molecule has 2 heterocycles. The molecule has 0 radical (unpaired) electrons. The van der Waals surface area contributed by atoms with Crippen molar-refractivity contribution >= 4 is 10.0 Å². The van der Waals surface area contributed by atoms with Crippen molar-refractivity contribution in [3.63, 3.8) is 0 Å². The van der Waals surface area contributed by atoms with Gasteiger partial charge in [-0.15, -0.1) is 0 Å². The molecule has 0 fully saturated rings. The molecule has 0 aliphatic carbocycles. The minimum Gasteiger partial charge on any atom is -0.497 e. The van der Waals surface area contributed by atoms with Gasteiger partial charge in [0.05, 0.1) is 12.0 Å². The number of ether oxygens (including phenoxy) is 2. The molecule has 0 saturated heterocycles. The quantitative estimate of drug-likeness (QED) is 0.858. The first-order valence-corrected chi connectivity index (χ1v) is 8.68. The standard InChI is InChI=1S/C16H18N2O4S/c1-12-10-14(21-2)5-6-15(12)23(19,20)18-8-9-22-16-13(11-18)4-3-7-17-16/h3-7,10H,8-9,11H2,1-2H3. The first-order valence-electron chi connectivity index (χ1n) is 7.24. The fourth-order valence-corrected chi connectivity index (χ4v) is 4.18. The second-order valence-corrected chi connectivity index (χ2v) is 7.19. The Kier molecular flexibility index (Phi) is 4.23. The first kappa shape index (κ1) is 15.8. The minimum absolute atomic E-state index is 0.247. The predicted octanol–water partition coefficient (Wildman–Crippen LogP) is 1.98. The van der Waals surface area contributed by atoms with E-state index in [2.05, 4.69) is 4.98 Å². The van der Waals surface area contributed by atoms with Gasteiger partial charge in [-0.25, -0.2) is 13.4 Å². The van der Waals surface area contributed by atoms with Crippen LogP contribution in [0, 0.1) is 6.92 Å². The van der Waals surface area contributed by atoms with Crippen LogP contribution in [-0.2, 0) is 16.6 Å². The number of pyridine rings is 1. The van der Waals surface area contributed by atoms with Crippen molar-refractivity contribution in [1.29, 1.82) is 0 Å². The number of rotatable bonds is 3. The summed E-state index contributed by atoms with van der Waals surface area (Å²) in [5.41, 5.74) is 1.42.